The number of aromatic amines is 1. The van der Waals surface area contributed by atoms with Crippen LogP contribution in [0.3, 0.4) is 0 Å². The van der Waals surface area contributed by atoms with Crippen molar-refractivity contribution >= 4 is 18.2 Å². The van der Waals surface area contributed by atoms with Gasteiger partial charge in [-0.15, -0.1) is 0 Å². The van der Waals surface area contributed by atoms with Crippen molar-refractivity contribution < 1.29 is 4.79 Å². The molecule has 0 atom stereocenters. The van der Waals surface area contributed by atoms with Crippen LogP contribution in [0.2, 0.25) is 0 Å². The summed E-state index contributed by atoms with van der Waals surface area (Å²) in [6.07, 6.45) is 5.17. The summed E-state index contributed by atoms with van der Waals surface area (Å²) < 4.78 is 0. The van der Waals surface area contributed by atoms with Crippen molar-refractivity contribution in [3.8, 4) is 0 Å². The van der Waals surface area contributed by atoms with Gasteiger partial charge in [0.25, 0.3) is 5.91 Å². The fourth-order valence-corrected chi connectivity index (χ4v) is 1.45. The van der Waals surface area contributed by atoms with Gasteiger partial charge < -0.3 is 0 Å². The Morgan fingerprint density at radius 1 is 1.37 bits per heavy atom. The molecule has 1 amide bonds. The Labute approximate surface area is 111 Å². The van der Waals surface area contributed by atoms with Crippen LogP contribution in [0, 0.1) is 6.92 Å². The molecule has 19 heavy (non-hydrogen) atoms. The highest BCUT2D eigenvalue weighted by atomic mass is 16.2. The first kappa shape index (κ1) is 12.8. The number of aromatic nitrogens is 2. The average molecular weight is 254 g/mol. The molecule has 0 aliphatic carbocycles. The molecule has 1 aromatic heterocycles. The van der Waals surface area contributed by atoms with Crippen LogP contribution in [0.15, 0.2) is 47.6 Å². The Morgan fingerprint density at radius 2 is 2.16 bits per heavy atom. The Balaban J connectivity index is 1.84. The number of carbonyl (C=O) groups is 1. The fourth-order valence-electron chi connectivity index (χ4n) is 1.45. The lowest BCUT2D eigenvalue weighted by Crippen LogP contribution is -2.17. The number of allylic oxidation sites excluding steroid dienone is 1. The smallest absolute Gasteiger partial charge is 0.282 e. The summed E-state index contributed by atoms with van der Waals surface area (Å²) >= 11 is 0. The zero-order valence-corrected chi connectivity index (χ0v) is 10.5. The molecular formula is C14H14N4O. The average Bonchev–Trinajstić information content (AvgIpc) is 2.86. The van der Waals surface area contributed by atoms with Gasteiger partial charge in [-0.25, -0.2) is 5.43 Å². The first-order chi connectivity index (χ1) is 9.25. The van der Waals surface area contributed by atoms with E-state index < -0.39 is 0 Å². The van der Waals surface area contributed by atoms with Crippen LogP contribution in [0.4, 0.5) is 0 Å². The molecule has 0 fully saturated rings. The van der Waals surface area contributed by atoms with E-state index in [9.17, 15) is 4.79 Å². The number of nitrogens with one attached hydrogen (secondary N) is 2. The lowest BCUT2D eigenvalue weighted by atomic mass is 10.2. The molecule has 0 aliphatic heterocycles. The van der Waals surface area contributed by atoms with Gasteiger partial charge in [-0.2, -0.15) is 10.2 Å². The third-order valence-corrected chi connectivity index (χ3v) is 2.35. The van der Waals surface area contributed by atoms with Gasteiger partial charge in [-0.1, -0.05) is 36.4 Å². The van der Waals surface area contributed by atoms with Crippen LogP contribution in [0.1, 0.15) is 21.7 Å². The fraction of sp³-hybridized carbons (Fsp3) is 0.0714. The van der Waals surface area contributed by atoms with E-state index in [1.54, 1.807) is 12.1 Å². The molecule has 2 aromatic rings. The van der Waals surface area contributed by atoms with E-state index >= 15 is 0 Å². The van der Waals surface area contributed by atoms with Gasteiger partial charge in [0.2, 0.25) is 0 Å². The minimum atomic E-state index is -0.339. The monoisotopic (exact) mass is 254 g/mol. The predicted octanol–water partition coefficient (Wildman–Crippen LogP) is 2.15. The van der Waals surface area contributed by atoms with Gasteiger partial charge >= 0.3 is 0 Å². The topological polar surface area (TPSA) is 70.1 Å². The van der Waals surface area contributed by atoms with E-state index in [4.69, 9.17) is 0 Å². The maximum Gasteiger partial charge on any atom is 0.291 e. The van der Waals surface area contributed by atoms with E-state index in [0.717, 1.165) is 11.3 Å². The molecule has 5 heteroatoms. The second kappa shape index (κ2) is 6.30. The Morgan fingerprint density at radius 3 is 2.84 bits per heavy atom. The summed E-state index contributed by atoms with van der Waals surface area (Å²) in [4.78, 5) is 11.6. The number of hydrogen-bond donors (Lipinski definition) is 2. The number of aryl methyl sites for hydroxylation is 1. The highest BCUT2D eigenvalue weighted by Crippen LogP contribution is 1.99. The maximum atomic E-state index is 11.6. The van der Waals surface area contributed by atoms with E-state index in [1.165, 1.54) is 6.21 Å². The molecule has 0 bridgehead atoms. The van der Waals surface area contributed by atoms with Gasteiger partial charge in [0.05, 0.1) is 0 Å². The third-order valence-electron chi connectivity index (χ3n) is 2.35. The quantitative estimate of drug-likeness (QED) is 0.648. The van der Waals surface area contributed by atoms with Crippen LogP contribution in [-0.4, -0.2) is 22.3 Å². The third kappa shape index (κ3) is 3.92. The van der Waals surface area contributed by atoms with Gasteiger partial charge in [-0.3, -0.25) is 9.89 Å². The maximum absolute atomic E-state index is 11.6. The number of amides is 1. The first-order valence-corrected chi connectivity index (χ1v) is 5.83. The zero-order valence-electron chi connectivity index (χ0n) is 10.5. The Kier molecular flexibility index (Phi) is 4.23. The van der Waals surface area contributed by atoms with Gasteiger partial charge in [0, 0.05) is 11.9 Å². The number of hydrazone groups is 1. The van der Waals surface area contributed by atoms with Gasteiger partial charge in [0.15, 0.2) is 5.69 Å². The molecule has 96 valence electrons. The highest BCUT2D eigenvalue weighted by molar-refractivity contribution is 5.92. The number of hydrogen-bond acceptors (Lipinski definition) is 3. The van der Waals surface area contributed by atoms with Crippen LogP contribution >= 0.6 is 0 Å². The second-order valence-corrected chi connectivity index (χ2v) is 3.93. The number of nitrogens with zero attached hydrogens (tertiary/aromatic N) is 2. The van der Waals surface area contributed by atoms with Crippen molar-refractivity contribution in [1.82, 2.24) is 15.6 Å². The zero-order chi connectivity index (χ0) is 13.5. The largest absolute Gasteiger partial charge is 0.291 e. The minimum Gasteiger partial charge on any atom is -0.282 e. The molecule has 0 saturated carbocycles. The highest BCUT2D eigenvalue weighted by Gasteiger charge is 2.06. The summed E-state index contributed by atoms with van der Waals surface area (Å²) in [5, 5.41) is 10.3. The number of carbonyl (C=O) groups excluding carboxylic acids is 1. The van der Waals surface area contributed by atoms with Crippen molar-refractivity contribution in [1.29, 1.82) is 0 Å². The van der Waals surface area contributed by atoms with Crippen LogP contribution < -0.4 is 5.43 Å². The molecule has 0 saturated heterocycles. The first-order valence-electron chi connectivity index (χ1n) is 5.83. The minimum absolute atomic E-state index is 0.321. The molecule has 1 heterocycles. The summed E-state index contributed by atoms with van der Waals surface area (Å²) in [5.41, 5.74) is 4.62. The van der Waals surface area contributed by atoms with Gasteiger partial charge in [-0.05, 0) is 24.6 Å². The molecule has 0 unspecified atom stereocenters. The molecule has 0 aliphatic rings. The summed E-state index contributed by atoms with van der Waals surface area (Å²) in [6.45, 7) is 1.83. The van der Waals surface area contributed by atoms with E-state index in [2.05, 4.69) is 20.7 Å². The normalized spacial score (nSPS) is 11.2. The summed E-state index contributed by atoms with van der Waals surface area (Å²) in [7, 11) is 0. The van der Waals surface area contributed by atoms with Crippen molar-refractivity contribution in [2.24, 2.45) is 5.10 Å². The predicted molar refractivity (Wildman–Crippen MR) is 74.8 cm³/mol. The van der Waals surface area contributed by atoms with Crippen molar-refractivity contribution in [3.05, 3.63) is 59.4 Å². The van der Waals surface area contributed by atoms with E-state index in [0.29, 0.717) is 5.69 Å². The van der Waals surface area contributed by atoms with Crippen LogP contribution in [0.5, 0.6) is 0 Å². The lowest BCUT2D eigenvalue weighted by molar-refractivity contribution is 0.0950. The molecule has 5 nitrogen and oxygen atoms in total. The number of H-pyrrole nitrogens is 1. The molecule has 1 aromatic carbocycles. The molecule has 2 rings (SSSR count). The standard InChI is InChI=1S/C14H14N4O/c1-11-10-13(17-16-11)14(19)18-15-9-5-8-12-6-3-2-4-7-12/h2-10H,1H3,(H,16,17)(H,18,19)/b8-5+,15-9+. The molecular weight excluding hydrogens is 240 g/mol. The van der Waals surface area contributed by atoms with Crippen molar-refractivity contribution in [2.75, 3.05) is 0 Å². The Hall–Kier alpha value is -2.69. The summed E-state index contributed by atoms with van der Waals surface area (Å²) in [6, 6.07) is 11.5. The van der Waals surface area contributed by atoms with Crippen LogP contribution in [-0.2, 0) is 0 Å². The number of rotatable bonds is 4. The van der Waals surface area contributed by atoms with Crippen molar-refractivity contribution in [3.63, 3.8) is 0 Å². The number of benzene rings is 1. The van der Waals surface area contributed by atoms with Crippen molar-refractivity contribution in [2.45, 2.75) is 6.92 Å². The van der Waals surface area contributed by atoms with Crippen LogP contribution in [0.25, 0.3) is 6.08 Å². The van der Waals surface area contributed by atoms with Gasteiger partial charge in [0.1, 0.15) is 0 Å². The molecule has 0 spiro atoms. The SMILES string of the molecule is Cc1cc(C(=O)N/N=C/C=C/c2ccccc2)n[nH]1. The Bertz CT molecular complexity index is 599. The van der Waals surface area contributed by atoms with E-state index in [1.807, 2.05) is 43.3 Å². The molecule has 0 radical (unpaired) electrons. The summed E-state index contributed by atoms with van der Waals surface area (Å²) in [5.74, 6) is -0.339. The van der Waals surface area contributed by atoms with E-state index in [-0.39, 0.29) is 5.91 Å². The second-order valence-electron chi connectivity index (χ2n) is 3.93. The molecule has 2 N–H and O–H groups in total. The lowest BCUT2D eigenvalue weighted by Gasteiger charge is -1.92.